The minimum Gasteiger partial charge on any atom is -0.368 e. The number of hydrogen-bond acceptors (Lipinski definition) is 5. The average Bonchev–Trinajstić information content (AvgIpc) is 1.97. The van der Waals surface area contributed by atoms with Crippen molar-refractivity contribution in [3.05, 3.63) is 5.28 Å². The number of anilines is 2. The molecule has 1 rings (SSSR count). The first kappa shape index (κ1) is 10.8. The monoisotopic (exact) mass is 227 g/mol. The number of halogens is 4. The van der Waals surface area contributed by atoms with E-state index in [1.54, 1.807) is 0 Å². The molecule has 9 heteroatoms. The van der Waals surface area contributed by atoms with E-state index in [1.807, 2.05) is 5.32 Å². The molecule has 0 atom stereocenters. The van der Waals surface area contributed by atoms with E-state index in [0.717, 1.165) is 0 Å². The van der Waals surface area contributed by atoms with Crippen LogP contribution in [-0.2, 0) is 0 Å². The molecule has 0 radical (unpaired) electrons. The van der Waals surface area contributed by atoms with E-state index in [1.165, 1.54) is 0 Å². The molecule has 1 heterocycles. The number of alkyl halides is 3. The molecule has 0 unspecified atom stereocenters. The topological polar surface area (TPSA) is 76.7 Å². The third kappa shape index (κ3) is 3.60. The molecule has 0 saturated heterocycles. The lowest BCUT2D eigenvalue weighted by Crippen LogP contribution is -2.22. The van der Waals surface area contributed by atoms with Gasteiger partial charge in [-0.3, -0.25) is 0 Å². The molecule has 0 aliphatic heterocycles. The van der Waals surface area contributed by atoms with Crippen molar-refractivity contribution in [1.82, 2.24) is 15.0 Å². The zero-order valence-corrected chi connectivity index (χ0v) is 7.39. The minimum atomic E-state index is -4.35. The maximum Gasteiger partial charge on any atom is 0.405 e. The summed E-state index contributed by atoms with van der Waals surface area (Å²) in [6.45, 7) is -1.26. The van der Waals surface area contributed by atoms with Gasteiger partial charge in [0.2, 0.25) is 17.2 Å². The molecule has 78 valence electrons. The molecule has 0 bridgehead atoms. The number of nitrogens with zero attached hydrogens (tertiary/aromatic N) is 3. The summed E-state index contributed by atoms with van der Waals surface area (Å²) in [6.07, 6.45) is -4.35. The van der Waals surface area contributed by atoms with Crippen molar-refractivity contribution in [1.29, 1.82) is 0 Å². The summed E-state index contributed by atoms with van der Waals surface area (Å²) < 4.78 is 35.2. The van der Waals surface area contributed by atoms with Crippen LogP contribution in [-0.4, -0.2) is 27.7 Å². The predicted octanol–water partition coefficient (Wildman–Crippen LogP) is 1.08. The molecule has 0 fully saturated rings. The van der Waals surface area contributed by atoms with Crippen molar-refractivity contribution in [3.63, 3.8) is 0 Å². The van der Waals surface area contributed by atoms with Gasteiger partial charge in [-0.15, -0.1) is 0 Å². The van der Waals surface area contributed by atoms with Gasteiger partial charge < -0.3 is 11.1 Å². The molecule has 0 amide bonds. The SMILES string of the molecule is Nc1nc(Cl)nc(NCC(F)(F)F)n1. The lowest BCUT2D eigenvalue weighted by Gasteiger charge is -2.07. The van der Waals surface area contributed by atoms with Crippen LogP contribution in [0.3, 0.4) is 0 Å². The molecule has 0 saturated carbocycles. The van der Waals surface area contributed by atoms with Gasteiger partial charge in [-0.2, -0.15) is 28.1 Å². The first-order valence-electron chi connectivity index (χ1n) is 3.34. The van der Waals surface area contributed by atoms with Crippen molar-refractivity contribution in [2.75, 3.05) is 17.6 Å². The molecule has 0 aliphatic carbocycles. The van der Waals surface area contributed by atoms with Crippen LogP contribution < -0.4 is 11.1 Å². The lowest BCUT2D eigenvalue weighted by molar-refractivity contribution is -0.115. The summed E-state index contributed by atoms with van der Waals surface area (Å²) in [7, 11) is 0. The number of hydrogen-bond donors (Lipinski definition) is 2. The maximum atomic E-state index is 11.7. The van der Waals surface area contributed by atoms with Crippen LogP contribution in [0.2, 0.25) is 5.28 Å². The Hall–Kier alpha value is -1.31. The number of nitrogens with two attached hydrogens (primary N) is 1. The van der Waals surface area contributed by atoms with Gasteiger partial charge in [-0.1, -0.05) is 0 Å². The summed E-state index contributed by atoms with van der Waals surface area (Å²) in [6, 6.07) is 0. The molecule has 0 spiro atoms. The smallest absolute Gasteiger partial charge is 0.368 e. The molecular formula is C5H5ClF3N5. The van der Waals surface area contributed by atoms with Crippen molar-refractivity contribution >= 4 is 23.5 Å². The highest BCUT2D eigenvalue weighted by Gasteiger charge is 2.27. The van der Waals surface area contributed by atoms with Crippen LogP contribution >= 0.6 is 11.6 Å². The predicted molar refractivity (Wildman–Crippen MR) is 43.8 cm³/mol. The maximum absolute atomic E-state index is 11.7. The minimum absolute atomic E-state index is 0.241. The average molecular weight is 228 g/mol. The van der Waals surface area contributed by atoms with Crippen molar-refractivity contribution in [3.8, 4) is 0 Å². The fourth-order valence-corrected chi connectivity index (χ4v) is 0.790. The number of nitrogens with one attached hydrogen (secondary N) is 1. The Bertz CT molecular complexity index is 307. The number of rotatable bonds is 2. The normalized spacial score (nSPS) is 11.4. The van der Waals surface area contributed by atoms with Gasteiger partial charge in [0.15, 0.2) is 0 Å². The molecule has 3 N–H and O–H groups in total. The highest BCUT2D eigenvalue weighted by Crippen LogP contribution is 2.15. The van der Waals surface area contributed by atoms with E-state index in [2.05, 4.69) is 15.0 Å². The van der Waals surface area contributed by atoms with Gasteiger partial charge in [-0.25, -0.2) is 0 Å². The number of aromatic nitrogens is 3. The van der Waals surface area contributed by atoms with Crippen LogP contribution in [0, 0.1) is 0 Å². The molecule has 0 aromatic carbocycles. The highest BCUT2D eigenvalue weighted by atomic mass is 35.5. The first-order chi connectivity index (χ1) is 6.37. The number of nitrogen functional groups attached to an aromatic ring is 1. The summed E-state index contributed by atoms with van der Waals surface area (Å²) in [5, 5.41) is 1.65. The van der Waals surface area contributed by atoms with Crippen LogP contribution in [0.4, 0.5) is 25.1 Å². The Labute approximate surface area is 81.5 Å². The van der Waals surface area contributed by atoms with Crippen molar-refractivity contribution < 1.29 is 13.2 Å². The standard InChI is InChI=1S/C5H5ClF3N5/c6-2-12-3(10)14-4(13-2)11-1-5(7,8)9/h1H2,(H3,10,11,12,13,14). The van der Waals surface area contributed by atoms with E-state index in [4.69, 9.17) is 17.3 Å². The quantitative estimate of drug-likeness (QED) is 0.791. The van der Waals surface area contributed by atoms with Crippen LogP contribution in [0.15, 0.2) is 0 Å². The highest BCUT2D eigenvalue weighted by molar-refractivity contribution is 6.28. The Balaban J connectivity index is 2.68. The third-order valence-electron chi connectivity index (χ3n) is 1.07. The molecule has 5 nitrogen and oxygen atoms in total. The van der Waals surface area contributed by atoms with Crippen molar-refractivity contribution in [2.24, 2.45) is 0 Å². The lowest BCUT2D eigenvalue weighted by atomic mass is 10.6. The largest absolute Gasteiger partial charge is 0.405 e. The molecular weight excluding hydrogens is 223 g/mol. The van der Waals surface area contributed by atoms with Crippen molar-refractivity contribution in [2.45, 2.75) is 6.18 Å². The van der Waals surface area contributed by atoms with Crippen LogP contribution in [0.5, 0.6) is 0 Å². The fraction of sp³-hybridized carbons (Fsp3) is 0.400. The summed E-state index contributed by atoms with van der Waals surface area (Å²) in [5.74, 6) is -0.547. The first-order valence-corrected chi connectivity index (χ1v) is 3.72. The molecule has 0 aliphatic rings. The molecule has 1 aromatic heterocycles. The molecule has 14 heavy (non-hydrogen) atoms. The fourth-order valence-electron chi connectivity index (χ4n) is 0.624. The summed E-state index contributed by atoms with van der Waals surface area (Å²) in [4.78, 5) is 10.2. The second-order valence-corrected chi connectivity index (χ2v) is 2.59. The van der Waals surface area contributed by atoms with E-state index < -0.39 is 12.7 Å². The zero-order chi connectivity index (χ0) is 10.8. The Kier molecular flexibility index (Phi) is 2.94. The van der Waals surface area contributed by atoms with Gasteiger partial charge in [0.05, 0.1) is 0 Å². The third-order valence-corrected chi connectivity index (χ3v) is 1.24. The van der Waals surface area contributed by atoms with E-state index in [9.17, 15) is 13.2 Å². The Morgan fingerprint density at radius 3 is 2.43 bits per heavy atom. The van der Waals surface area contributed by atoms with Gasteiger partial charge in [0, 0.05) is 0 Å². The second-order valence-electron chi connectivity index (χ2n) is 2.25. The van der Waals surface area contributed by atoms with Gasteiger partial charge in [0.1, 0.15) is 6.54 Å². The zero-order valence-electron chi connectivity index (χ0n) is 6.64. The van der Waals surface area contributed by atoms with Crippen LogP contribution in [0.25, 0.3) is 0 Å². The van der Waals surface area contributed by atoms with E-state index in [-0.39, 0.29) is 17.2 Å². The molecule has 1 aromatic rings. The van der Waals surface area contributed by atoms with Gasteiger partial charge >= 0.3 is 6.18 Å². The Morgan fingerprint density at radius 2 is 1.93 bits per heavy atom. The van der Waals surface area contributed by atoms with Crippen LogP contribution in [0.1, 0.15) is 0 Å². The van der Waals surface area contributed by atoms with E-state index >= 15 is 0 Å². The Morgan fingerprint density at radius 1 is 1.29 bits per heavy atom. The van der Waals surface area contributed by atoms with E-state index in [0.29, 0.717) is 0 Å². The summed E-state index contributed by atoms with van der Waals surface area (Å²) in [5.41, 5.74) is 5.13. The second kappa shape index (κ2) is 3.82. The summed E-state index contributed by atoms with van der Waals surface area (Å²) >= 11 is 5.34. The van der Waals surface area contributed by atoms with Gasteiger partial charge in [-0.05, 0) is 11.6 Å². The van der Waals surface area contributed by atoms with Gasteiger partial charge in [0.25, 0.3) is 0 Å².